The van der Waals surface area contributed by atoms with E-state index in [2.05, 4.69) is 5.32 Å². The molecule has 1 aliphatic rings. The van der Waals surface area contributed by atoms with Gasteiger partial charge in [-0.05, 0) is 43.4 Å². The van der Waals surface area contributed by atoms with Crippen molar-refractivity contribution in [3.8, 4) is 0 Å². The highest BCUT2D eigenvalue weighted by Crippen LogP contribution is 2.38. The van der Waals surface area contributed by atoms with Crippen LogP contribution in [0.4, 0.5) is 5.00 Å². The summed E-state index contributed by atoms with van der Waals surface area (Å²) < 4.78 is 0. The molecular weight excluding hydrogens is 367 g/mol. The maximum atomic E-state index is 12.6. The number of nitrogens with two attached hydrogens (primary N) is 1. The second-order valence-electron chi connectivity index (χ2n) is 5.68. The van der Waals surface area contributed by atoms with E-state index in [0.29, 0.717) is 10.6 Å². The molecule has 24 heavy (non-hydrogen) atoms. The van der Waals surface area contributed by atoms with Crippen LogP contribution in [0.25, 0.3) is 0 Å². The highest BCUT2D eigenvalue weighted by molar-refractivity contribution is 7.17. The Balaban J connectivity index is 1.98. The molecule has 3 N–H and O–H groups in total. The lowest BCUT2D eigenvalue weighted by Crippen LogP contribution is -2.18. The number of anilines is 1. The molecule has 0 atom stereocenters. The minimum atomic E-state index is -0.519. The molecule has 1 heterocycles. The van der Waals surface area contributed by atoms with Crippen LogP contribution in [0.2, 0.25) is 10.0 Å². The average Bonchev–Trinajstić information content (AvgIpc) is 2.69. The lowest BCUT2D eigenvalue weighted by Gasteiger charge is -2.09. The number of nitrogens with one attached hydrogen (secondary N) is 1. The van der Waals surface area contributed by atoms with Gasteiger partial charge in [0, 0.05) is 4.88 Å². The highest BCUT2D eigenvalue weighted by Gasteiger charge is 2.25. The second-order valence-corrected chi connectivity index (χ2v) is 7.60. The normalized spacial score (nSPS) is 13.9. The van der Waals surface area contributed by atoms with Crippen LogP contribution in [-0.4, -0.2) is 11.8 Å². The van der Waals surface area contributed by atoms with Crippen molar-refractivity contribution in [2.75, 3.05) is 5.32 Å². The van der Waals surface area contributed by atoms with Gasteiger partial charge in [-0.25, -0.2) is 0 Å². The summed E-state index contributed by atoms with van der Waals surface area (Å²) in [6, 6.07) is 4.87. The Morgan fingerprint density at radius 3 is 2.38 bits per heavy atom. The summed E-state index contributed by atoms with van der Waals surface area (Å²) in [5, 5.41) is 3.78. The number of primary amides is 1. The molecule has 4 nitrogen and oxygen atoms in total. The molecule has 0 unspecified atom stereocenters. The van der Waals surface area contributed by atoms with E-state index in [1.54, 1.807) is 18.2 Å². The zero-order valence-corrected chi connectivity index (χ0v) is 15.2. The van der Waals surface area contributed by atoms with Crippen molar-refractivity contribution >= 4 is 51.4 Å². The molecule has 0 radical (unpaired) electrons. The number of thiophene rings is 1. The quantitative estimate of drug-likeness (QED) is 0.756. The third-order valence-electron chi connectivity index (χ3n) is 4.08. The number of amides is 2. The van der Waals surface area contributed by atoms with E-state index in [1.165, 1.54) is 11.3 Å². The molecule has 1 aliphatic carbocycles. The fourth-order valence-electron chi connectivity index (χ4n) is 2.97. The van der Waals surface area contributed by atoms with Crippen molar-refractivity contribution < 1.29 is 9.59 Å². The average molecular weight is 383 g/mol. The Morgan fingerprint density at radius 1 is 1.04 bits per heavy atom. The van der Waals surface area contributed by atoms with E-state index in [9.17, 15) is 9.59 Å². The largest absolute Gasteiger partial charge is 0.365 e. The lowest BCUT2D eigenvalue weighted by atomic mass is 10.1. The fourth-order valence-corrected chi connectivity index (χ4v) is 4.83. The summed E-state index contributed by atoms with van der Waals surface area (Å²) in [5.74, 6) is -0.959. The standard InChI is InChI=1S/C17H16Cl2N2O2S/c18-10-6-4-7-11(19)14(10)16(23)21-17-13(15(20)22)9-5-2-1-3-8-12(9)24-17/h4,6-7H,1-3,5,8H2,(H2,20,22)(H,21,23). The summed E-state index contributed by atoms with van der Waals surface area (Å²) in [5.41, 5.74) is 7.17. The molecule has 7 heteroatoms. The summed E-state index contributed by atoms with van der Waals surface area (Å²) in [6.07, 6.45) is 4.95. The number of halogens is 2. The van der Waals surface area contributed by atoms with E-state index < -0.39 is 11.8 Å². The van der Waals surface area contributed by atoms with Gasteiger partial charge in [-0.2, -0.15) is 0 Å². The van der Waals surface area contributed by atoms with Crippen molar-refractivity contribution in [1.29, 1.82) is 0 Å². The van der Waals surface area contributed by atoms with Crippen molar-refractivity contribution in [1.82, 2.24) is 0 Å². The van der Waals surface area contributed by atoms with E-state index in [1.807, 2.05) is 0 Å². The Bertz CT molecular complexity index is 797. The lowest BCUT2D eigenvalue weighted by molar-refractivity contribution is 0.100. The summed E-state index contributed by atoms with van der Waals surface area (Å²) in [6.45, 7) is 0. The van der Waals surface area contributed by atoms with Crippen LogP contribution in [0, 0.1) is 0 Å². The highest BCUT2D eigenvalue weighted by atomic mass is 35.5. The van der Waals surface area contributed by atoms with E-state index in [0.717, 1.165) is 42.5 Å². The van der Waals surface area contributed by atoms with Crippen molar-refractivity contribution in [3.05, 3.63) is 49.8 Å². The van der Waals surface area contributed by atoms with E-state index in [-0.39, 0.29) is 15.6 Å². The Morgan fingerprint density at radius 2 is 1.71 bits per heavy atom. The molecule has 2 amide bonds. The molecule has 0 aliphatic heterocycles. The third-order valence-corrected chi connectivity index (χ3v) is 5.92. The number of carbonyl (C=O) groups is 2. The van der Waals surface area contributed by atoms with Gasteiger partial charge in [0.25, 0.3) is 11.8 Å². The third kappa shape index (κ3) is 3.29. The first-order valence-electron chi connectivity index (χ1n) is 7.68. The van der Waals surface area contributed by atoms with Gasteiger partial charge in [0.15, 0.2) is 0 Å². The number of benzene rings is 1. The van der Waals surface area contributed by atoms with Crippen molar-refractivity contribution in [2.24, 2.45) is 5.73 Å². The Hall–Kier alpha value is -1.56. The molecular formula is C17H16Cl2N2O2S. The molecule has 0 spiro atoms. The van der Waals surface area contributed by atoms with Gasteiger partial charge < -0.3 is 11.1 Å². The van der Waals surface area contributed by atoms with Gasteiger partial charge in [0.2, 0.25) is 0 Å². The van der Waals surface area contributed by atoms with Gasteiger partial charge in [-0.15, -0.1) is 11.3 Å². The smallest absolute Gasteiger partial charge is 0.259 e. The van der Waals surface area contributed by atoms with Gasteiger partial charge >= 0.3 is 0 Å². The molecule has 1 aromatic carbocycles. The van der Waals surface area contributed by atoms with Gasteiger partial charge in [-0.1, -0.05) is 35.7 Å². The number of rotatable bonds is 3. The van der Waals surface area contributed by atoms with Gasteiger partial charge in [0.05, 0.1) is 21.2 Å². The molecule has 126 valence electrons. The van der Waals surface area contributed by atoms with Crippen LogP contribution in [0.15, 0.2) is 18.2 Å². The molecule has 0 bridgehead atoms. The molecule has 3 rings (SSSR count). The van der Waals surface area contributed by atoms with Crippen LogP contribution in [-0.2, 0) is 12.8 Å². The summed E-state index contributed by atoms with van der Waals surface area (Å²) >= 11 is 13.6. The maximum absolute atomic E-state index is 12.6. The number of fused-ring (bicyclic) bond motifs is 1. The van der Waals surface area contributed by atoms with Crippen molar-refractivity contribution in [2.45, 2.75) is 32.1 Å². The summed E-state index contributed by atoms with van der Waals surface area (Å²) in [4.78, 5) is 25.7. The Kier molecular flexibility index (Phi) is 5.13. The fraction of sp³-hybridized carbons (Fsp3) is 0.294. The predicted octanol–water partition coefficient (Wildman–Crippen LogP) is 4.68. The van der Waals surface area contributed by atoms with Crippen molar-refractivity contribution in [3.63, 3.8) is 0 Å². The number of carbonyl (C=O) groups excluding carboxylic acids is 2. The van der Waals surface area contributed by atoms with E-state index >= 15 is 0 Å². The first kappa shape index (κ1) is 17.3. The number of hydrogen-bond donors (Lipinski definition) is 2. The van der Waals surface area contributed by atoms with Gasteiger partial charge in [0.1, 0.15) is 5.00 Å². The molecule has 2 aromatic rings. The zero-order chi connectivity index (χ0) is 17.3. The van der Waals surface area contributed by atoms with Crippen LogP contribution in [0.1, 0.15) is 50.4 Å². The first-order chi connectivity index (χ1) is 11.5. The van der Waals surface area contributed by atoms with Crippen LogP contribution in [0.5, 0.6) is 0 Å². The monoisotopic (exact) mass is 382 g/mol. The molecule has 0 fully saturated rings. The molecule has 0 saturated carbocycles. The zero-order valence-electron chi connectivity index (χ0n) is 12.8. The van der Waals surface area contributed by atoms with Gasteiger partial charge in [-0.3, -0.25) is 9.59 Å². The Labute approximate surface area is 153 Å². The number of hydrogen-bond acceptors (Lipinski definition) is 3. The number of aryl methyl sites for hydroxylation is 1. The van der Waals surface area contributed by atoms with Crippen LogP contribution < -0.4 is 11.1 Å². The van der Waals surface area contributed by atoms with E-state index in [4.69, 9.17) is 28.9 Å². The topological polar surface area (TPSA) is 72.2 Å². The summed E-state index contributed by atoms with van der Waals surface area (Å²) in [7, 11) is 0. The minimum Gasteiger partial charge on any atom is -0.365 e. The van der Waals surface area contributed by atoms with Crippen LogP contribution in [0.3, 0.4) is 0 Å². The molecule has 1 aromatic heterocycles. The van der Waals surface area contributed by atoms with Crippen LogP contribution >= 0.6 is 34.5 Å². The molecule has 0 saturated heterocycles. The minimum absolute atomic E-state index is 0.194. The second kappa shape index (κ2) is 7.13. The predicted molar refractivity (Wildman–Crippen MR) is 98.5 cm³/mol. The first-order valence-corrected chi connectivity index (χ1v) is 9.26. The maximum Gasteiger partial charge on any atom is 0.259 e. The SMILES string of the molecule is NC(=O)c1c(NC(=O)c2c(Cl)cccc2Cl)sc2c1CCCCC2.